The Morgan fingerprint density at radius 1 is 1.06 bits per heavy atom. The molecule has 4 fully saturated rings. The van der Waals surface area contributed by atoms with Gasteiger partial charge in [-0.25, -0.2) is 4.79 Å². The van der Waals surface area contributed by atoms with Gasteiger partial charge in [0.1, 0.15) is 6.54 Å². The summed E-state index contributed by atoms with van der Waals surface area (Å²) in [6.45, 7) is -0.633. The number of carbonyl (C=O) groups is 1. The highest BCUT2D eigenvalue weighted by molar-refractivity contribution is 5.74. The van der Waals surface area contributed by atoms with Crippen molar-refractivity contribution in [1.82, 2.24) is 15.2 Å². The van der Waals surface area contributed by atoms with E-state index in [0.717, 1.165) is 41.1 Å². The van der Waals surface area contributed by atoms with Crippen LogP contribution in [0.15, 0.2) is 24.5 Å². The van der Waals surface area contributed by atoms with Gasteiger partial charge < -0.3 is 10.2 Å². The van der Waals surface area contributed by atoms with Gasteiger partial charge in [0.15, 0.2) is 0 Å². The van der Waals surface area contributed by atoms with Crippen LogP contribution in [0, 0.1) is 23.2 Å². The first-order valence-electron chi connectivity index (χ1n) is 11.8. The predicted octanol–water partition coefficient (Wildman–Crippen LogP) is 5.58. The molecule has 0 aliphatic heterocycles. The Hall–Kier alpha value is -1.79. The second-order valence-electron chi connectivity index (χ2n) is 10.2. The van der Waals surface area contributed by atoms with Crippen molar-refractivity contribution in [2.75, 3.05) is 19.6 Å². The Kier molecular flexibility index (Phi) is 6.77. The van der Waals surface area contributed by atoms with Gasteiger partial charge >= 0.3 is 12.2 Å². The van der Waals surface area contributed by atoms with Gasteiger partial charge in [0.05, 0.1) is 0 Å². The molecule has 1 heterocycles. The first-order valence-corrected chi connectivity index (χ1v) is 11.8. The first kappa shape index (κ1) is 22.4. The van der Waals surface area contributed by atoms with Gasteiger partial charge in [0, 0.05) is 25.5 Å². The number of pyridine rings is 1. The van der Waals surface area contributed by atoms with Crippen molar-refractivity contribution in [3.63, 3.8) is 0 Å². The van der Waals surface area contributed by atoms with E-state index in [9.17, 15) is 18.0 Å². The van der Waals surface area contributed by atoms with Gasteiger partial charge in [-0.2, -0.15) is 13.2 Å². The highest BCUT2D eigenvalue weighted by atomic mass is 19.4. The molecule has 4 aliphatic carbocycles. The van der Waals surface area contributed by atoms with Crippen LogP contribution in [0.4, 0.5) is 18.0 Å². The van der Waals surface area contributed by atoms with Gasteiger partial charge in [-0.3, -0.25) is 4.98 Å². The Balaban J connectivity index is 1.24. The number of hydrogen-bond acceptors (Lipinski definition) is 2. The number of urea groups is 1. The van der Waals surface area contributed by atoms with E-state index in [1.54, 1.807) is 12.4 Å². The van der Waals surface area contributed by atoms with Crippen LogP contribution in [0.25, 0.3) is 0 Å². The van der Waals surface area contributed by atoms with E-state index >= 15 is 0 Å². The minimum absolute atomic E-state index is 0.178. The smallest absolute Gasteiger partial charge is 0.338 e. The second kappa shape index (κ2) is 9.37. The number of aromatic nitrogens is 1. The van der Waals surface area contributed by atoms with Crippen molar-refractivity contribution >= 4 is 6.03 Å². The molecule has 1 aromatic rings. The third-order valence-corrected chi connectivity index (χ3v) is 7.63. The zero-order chi connectivity index (χ0) is 21.9. The SMILES string of the molecule is O=C(NCCCc1ccncc1)N(CCCC12CC3CC(CC(C3)C1)C2)CC(F)(F)F. The zero-order valence-corrected chi connectivity index (χ0v) is 18.2. The Labute approximate surface area is 183 Å². The van der Waals surface area contributed by atoms with Crippen molar-refractivity contribution in [2.45, 2.75) is 70.4 Å². The van der Waals surface area contributed by atoms with E-state index in [2.05, 4.69) is 10.3 Å². The molecule has 4 aliphatic rings. The van der Waals surface area contributed by atoms with Crippen molar-refractivity contribution in [3.05, 3.63) is 30.1 Å². The molecular formula is C24H34F3N3O. The van der Waals surface area contributed by atoms with Crippen molar-refractivity contribution in [3.8, 4) is 0 Å². The number of nitrogens with zero attached hydrogens (tertiary/aromatic N) is 2. The average molecular weight is 438 g/mol. The molecule has 0 radical (unpaired) electrons. The summed E-state index contributed by atoms with van der Waals surface area (Å²) in [7, 11) is 0. The summed E-state index contributed by atoms with van der Waals surface area (Å²) in [5, 5.41) is 2.69. The van der Waals surface area contributed by atoms with Gasteiger partial charge in [0.2, 0.25) is 0 Å². The van der Waals surface area contributed by atoms with Crippen LogP contribution >= 0.6 is 0 Å². The number of nitrogens with one attached hydrogen (secondary N) is 1. The molecule has 0 aromatic carbocycles. The van der Waals surface area contributed by atoms with Crippen LogP contribution < -0.4 is 5.32 Å². The third-order valence-electron chi connectivity index (χ3n) is 7.63. The number of carbonyl (C=O) groups excluding carboxylic acids is 1. The lowest BCUT2D eigenvalue weighted by Crippen LogP contribution is -2.47. The van der Waals surface area contributed by atoms with E-state index in [0.29, 0.717) is 24.8 Å². The molecule has 4 nitrogen and oxygen atoms in total. The van der Waals surface area contributed by atoms with Crippen molar-refractivity contribution in [1.29, 1.82) is 0 Å². The summed E-state index contributed by atoms with van der Waals surface area (Å²) in [5.74, 6) is 2.50. The Morgan fingerprint density at radius 3 is 2.26 bits per heavy atom. The van der Waals surface area contributed by atoms with E-state index < -0.39 is 18.8 Å². The van der Waals surface area contributed by atoms with E-state index in [-0.39, 0.29) is 6.54 Å². The standard InChI is InChI=1S/C24H34F3N3O/c25-24(26,27)17-30(22(31)29-7-1-3-18-4-8-28-9-5-18)10-2-6-23-14-19-11-20(15-23)13-21(12-19)16-23/h4-5,8-9,19-21H,1-3,6-7,10-17H2,(H,29,31). The third kappa shape index (κ3) is 6.13. The molecule has 172 valence electrons. The molecule has 4 bridgehead atoms. The predicted molar refractivity (Wildman–Crippen MR) is 113 cm³/mol. The van der Waals surface area contributed by atoms with E-state index in [4.69, 9.17) is 0 Å². The fourth-order valence-corrected chi connectivity index (χ4v) is 6.86. The molecule has 1 aromatic heterocycles. The first-order chi connectivity index (χ1) is 14.8. The van der Waals surface area contributed by atoms with Crippen LogP contribution in [0.1, 0.15) is 63.4 Å². The lowest BCUT2D eigenvalue weighted by molar-refractivity contribution is -0.140. The summed E-state index contributed by atoms with van der Waals surface area (Å²) in [6.07, 6.45) is 9.94. The van der Waals surface area contributed by atoms with Crippen LogP contribution in [0.2, 0.25) is 0 Å². The molecular weight excluding hydrogens is 403 g/mol. The highest BCUT2D eigenvalue weighted by Gasteiger charge is 2.50. The van der Waals surface area contributed by atoms with Crippen molar-refractivity contribution < 1.29 is 18.0 Å². The molecule has 4 saturated carbocycles. The number of hydrogen-bond donors (Lipinski definition) is 1. The average Bonchev–Trinajstić information content (AvgIpc) is 2.69. The molecule has 0 atom stereocenters. The quantitative estimate of drug-likeness (QED) is 0.512. The van der Waals surface area contributed by atoms with Crippen LogP contribution in [-0.4, -0.2) is 41.7 Å². The summed E-state index contributed by atoms with van der Waals surface area (Å²) in [5.41, 5.74) is 1.44. The second-order valence-corrected chi connectivity index (χ2v) is 10.2. The Morgan fingerprint density at radius 2 is 1.68 bits per heavy atom. The summed E-state index contributed by atoms with van der Waals surface area (Å²) < 4.78 is 39.3. The molecule has 0 spiro atoms. The number of halogens is 3. The van der Waals surface area contributed by atoms with Gasteiger partial charge in [-0.05, 0) is 105 Å². The minimum atomic E-state index is -4.38. The lowest BCUT2D eigenvalue weighted by atomic mass is 9.48. The number of aryl methyl sites for hydroxylation is 1. The Bertz CT molecular complexity index is 702. The zero-order valence-electron chi connectivity index (χ0n) is 18.2. The highest BCUT2D eigenvalue weighted by Crippen LogP contribution is 2.61. The summed E-state index contributed by atoms with van der Waals surface area (Å²) in [4.78, 5) is 17.4. The maximum atomic E-state index is 13.1. The largest absolute Gasteiger partial charge is 0.406 e. The van der Waals surface area contributed by atoms with Crippen LogP contribution in [0.5, 0.6) is 0 Å². The summed E-state index contributed by atoms with van der Waals surface area (Å²) in [6, 6.07) is 3.21. The van der Waals surface area contributed by atoms with Gasteiger partial charge in [0.25, 0.3) is 0 Å². The molecule has 2 amide bonds. The lowest BCUT2D eigenvalue weighted by Gasteiger charge is -2.57. The molecule has 5 rings (SSSR count). The fraction of sp³-hybridized carbons (Fsp3) is 0.750. The van der Waals surface area contributed by atoms with Crippen LogP contribution in [0.3, 0.4) is 0 Å². The molecule has 0 saturated heterocycles. The van der Waals surface area contributed by atoms with Gasteiger partial charge in [-0.15, -0.1) is 0 Å². The minimum Gasteiger partial charge on any atom is -0.338 e. The maximum absolute atomic E-state index is 13.1. The normalized spacial score (nSPS) is 29.2. The fourth-order valence-electron chi connectivity index (χ4n) is 6.86. The molecule has 1 N–H and O–H groups in total. The number of rotatable bonds is 9. The molecule has 31 heavy (non-hydrogen) atoms. The number of amides is 2. The topological polar surface area (TPSA) is 45.2 Å². The molecule has 0 unspecified atom stereocenters. The van der Waals surface area contributed by atoms with Crippen LogP contribution in [-0.2, 0) is 6.42 Å². The van der Waals surface area contributed by atoms with Gasteiger partial charge in [-0.1, -0.05) is 0 Å². The monoisotopic (exact) mass is 437 g/mol. The number of alkyl halides is 3. The van der Waals surface area contributed by atoms with Crippen molar-refractivity contribution in [2.24, 2.45) is 23.2 Å². The summed E-state index contributed by atoms with van der Waals surface area (Å²) >= 11 is 0. The maximum Gasteiger partial charge on any atom is 0.406 e. The molecule has 7 heteroatoms. The van der Waals surface area contributed by atoms with E-state index in [1.165, 1.54) is 38.5 Å². The van der Waals surface area contributed by atoms with E-state index in [1.807, 2.05) is 12.1 Å².